The van der Waals surface area contributed by atoms with Gasteiger partial charge in [-0.1, -0.05) is 18.2 Å². The molecule has 154 valence electrons. The van der Waals surface area contributed by atoms with Crippen molar-refractivity contribution in [3.05, 3.63) is 48.2 Å². The normalized spacial score (nSPS) is 19.1. The number of para-hydroxylation sites is 2. The topological polar surface area (TPSA) is 77.0 Å². The van der Waals surface area contributed by atoms with Crippen LogP contribution in [0.25, 0.3) is 0 Å². The van der Waals surface area contributed by atoms with Gasteiger partial charge >= 0.3 is 0 Å². The smallest absolute Gasteiger partial charge is 0.213 e. The number of ether oxygens (including phenoxy) is 3. The second kappa shape index (κ2) is 9.49. The molecular formula is C22H28N4O3. The molecule has 1 aromatic heterocycles. The van der Waals surface area contributed by atoms with E-state index >= 15 is 0 Å². The van der Waals surface area contributed by atoms with Crippen molar-refractivity contribution in [3.8, 4) is 17.4 Å². The summed E-state index contributed by atoms with van der Waals surface area (Å²) in [5.74, 6) is 2.98. The summed E-state index contributed by atoms with van der Waals surface area (Å²) in [5, 5.41) is 6.59. The van der Waals surface area contributed by atoms with E-state index in [0.717, 1.165) is 29.9 Å². The number of aliphatic imine (C=N–C) groups is 1. The summed E-state index contributed by atoms with van der Waals surface area (Å²) in [5.41, 5.74) is 1.07. The van der Waals surface area contributed by atoms with Gasteiger partial charge in [-0.3, -0.25) is 4.99 Å². The van der Waals surface area contributed by atoms with Gasteiger partial charge in [-0.25, -0.2) is 4.98 Å². The van der Waals surface area contributed by atoms with Crippen molar-refractivity contribution in [1.29, 1.82) is 0 Å². The molecule has 2 aliphatic rings. The Kier molecular flexibility index (Phi) is 6.34. The lowest BCUT2D eigenvalue weighted by Crippen LogP contribution is -2.45. The Bertz CT molecular complexity index is 819. The molecule has 1 saturated carbocycles. The van der Waals surface area contributed by atoms with E-state index in [1.54, 1.807) is 7.05 Å². The Morgan fingerprint density at radius 2 is 1.97 bits per heavy atom. The van der Waals surface area contributed by atoms with Crippen molar-refractivity contribution >= 4 is 5.96 Å². The fraction of sp³-hybridized carbons (Fsp3) is 0.455. The van der Waals surface area contributed by atoms with Crippen LogP contribution in [0.1, 0.15) is 31.2 Å². The summed E-state index contributed by atoms with van der Waals surface area (Å²) in [4.78, 5) is 8.70. The summed E-state index contributed by atoms with van der Waals surface area (Å²) in [7, 11) is 1.75. The van der Waals surface area contributed by atoms with Crippen LogP contribution in [0.4, 0.5) is 0 Å². The Balaban J connectivity index is 1.21. The highest BCUT2D eigenvalue weighted by atomic mass is 16.6. The molecule has 4 rings (SSSR count). The number of hydrogen-bond acceptors (Lipinski definition) is 5. The van der Waals surface area contributed by atoms with Crippen LogP contribution >= 0.6 is 0 Å². The van der Waals surface area contributed by atoms with E-state index in [1.165, 1.54) is 12.8 Å². The van der Waals surface area contributed by atoms with Crippen LogP contribution in [-0.2, 0) is 6.54 Å². The molecule has 7 nitrogen and oxygen atoms in total. The van der Waals surface area contributed by atoms with Crippen molar-refractivity contribution in [1.82, 2.24) is 15.6 Å². The Morgan fingerprint density at radius 3 is 2.72 bits per heavy atom. The van der Waals surface area contributed by atoms with E-state index in [-0.39, 0.29) is 6.10 Å². The first-order valence-electron chi connectivity index (χ1n) is 10.2. The summed E-state index contributed by atoms with van der Waals surface area (Å²) in [6.07, 6.45) is 6.87. The maximum Gasteiger partial charge on any atom is 0.213 e. The van der Waals surface area contributed by atoms with Gasteiger partial charge in [0, 0.05) is 25.9 Å². The van der Waals surface area contributed by atoms with Crippen LogP contribution in [-0.4, -0.2) is 43.4 Å². The standard InChI is InChI=1S/C22H28N4O3/c1-23-22(26-14-18-15-27-19-8-4-5-9-20(19)28-18)25-13-16-10-11-21(24-12-16)29-17-6-2-3-7-17/h4-5,8-12,17-18H,2-3,6-7,13-15H2,1H3,(H2,23,25,26). The quantitative estimate of drug-likeness (QED) is 0.578. The van der Waals surface area contributed by atoms with Gasteiger partial charge in [0.05, 0.1) is 6.54 Å². The number of pyridine rings is 1. The molecule has 0 saturated heterocycles. The number of nitrogens with zero attached hydrogens (tertiary/aromatic N) is 2. The summed E-state index contributed by atoms with van der Waals surface area (Å²) in [6, 6.07) is 11.7. The molecule has 1 aliphatic heterocycles. The van der Waals surface area contributed by atoms with Crippen LogP contribution in [0.5, 0.6) is 17.4 Å². The van der Waals surface area contributed by atoms with Gasteiger partial charge in [0.15, 0.2) is 17.5 Å². The number of aromatic nitrogens is 1. The van der Waals surface area contributed by atoms with E-state index in [1.807, 2.05) is 42.6 Å². The number of nitrogens with one attached hydrogen (secondary N) is 2. The maximum absolute atomic E-state index is 5.96. The number of hydrogen-bond donors (Lipinski definition) is 2. The monoisotopic (exact) mass is 396 g/mol. The van der Waals surface area contributed by atoms with Crippen molar-refractivity contribution in [2.45, 2.75) is 44.4 Å². The van der Waals surface area contributed by atoms with E-state index in [2.05, 4.69) is 20.6 Å². The molecule has 29 heavy (non-hydrogen) atoms. The van der Waals surface area contributed by atoms with Crippen molar-refractivity contribution in [3.63, 3.8) is 0 Å². The fourth-order valence-electron chi connectivity index (χ4n) is 3.54. The van der Waals surface area contributed by atoms with Crippen molar-refractivity contribution < 1.29 is 14.2 Å². The molecule has 0 amide bonds. The zero-order chi connectivity index (χ0) is 19.9. The van der Waals surface area contributed by atoms with Gasteiger partial charge in [-0.05, 0) is 43.4 Å². The molecule has 0 spiro atoms. The second-order valence-corrected chi connectivity index (χ2v) is 7.33. The Labute approximate surface area is 171 Å². The number of guanidine groups is 1. The van der Waals surface area contributed by atoms with Crippen LogP contribution in [0.2, 0.25) is 0 Å². The molecule has 0 radical (unpaired) electrons. The van der Waals surface area contributed by atoms with Crippen LogP contribution < -0.4 is 24.8 Å². The Morgan fingerprint density at radius 1 is 1.14 bits per heavy atom. The molecule has 1 unspecified atom stereocenters. The third kappa shape index (κ3) is 5.31. The predicted molar refractivity (Wildman–Crippen MR) is 112 cm³/mol. The predicted octanol–water partition coefficient (Wildman–Crippen LogP) is 2.91. The Hall–Kier alpha value is -2.96. The van der Waals surface area contributed by atoms with Gasteiger partial charge in [-0.15, -0.1) is 0 Å². The van der Waals surface area contributed by atoms with E-state index in [4.69, 9.17) is 14.2 Å². The second-order valence-electron chi connectivity index (χ2n) is 7.33. The largest absolute Gasteiger partial charge is 0.486 e. The zero-order valence-electron chi connectivity index (χ0n) is 16.8. The molecule has 2 aromatic rings. The minimum atomic E-state index is -0.0721. The highest BCUT2D eigenvalue weighted by molar-refractivity contribution is 5.79. The average Bonchev–Trinajstić information content (AvgIpc) is 3.28. The van der Waals surface area contributed by atoms with Gasteiger partial charge in [-0.2, -0.15) is 0 Å². The molecule has 1 aliphatic carbocycles. The number of rotatable bonds is 6. The molecule has 1 fully saturated rings. The van der Waals surface area contributed by atoms with Crippen molar-refractivity contribution in [2.75, 3.05) is 20.2 Å². The van der Waals surface area contributed by atoms with Gasteiger partial charge in [0.1, 0.15) is 18.8 Å². The number of benzene rings is 1. The molecule has 7 heteroatoms. The highest BCUT2D eigenvalue weighted by Crippen LogP contribution is 2.30. The lowest BCUT2D eigenvalue weighted by Gasteiger charge is -2.27. The van der Waals surface area contributed by atoms with Crippen LogP contribution in [0, 0.1) is 0 Å². The molecule has 1 aromatic carbocycles. The maximum atomic E-state index is 5.96. The van der Waals surface area contributed by atoms with Crippen LogP contribution in [0.3, 0.4) is 0 Å². The summed E-state index contributed by atoms with van der Waals surface area (Å²) >= 11 is 0. The molecule has 2 N–H and O–H groups in total. The first kappa shape index (κ1) is 19.4. The van der Waals surface area contributed by atoms with E-state index in [0.29, 0.717) is 37.6 Å². The summed E-state index contributed by atoms with van der Waals surface area (Å²) in [6.45, 7) is 1.73. The minimum Gasteiger partial charge on any atom is -0.486 e. The third-order valence-electron chi connectivity index (χ3n) is 5.14. The van der Waals surface area contributed by atoms with E-state index in [9.17, 15) is 0 Å². The van der Waals surface area contributed by atoms with E-state index < -0.39 is 0 Å². The highest BCUT2D eigenvalue weighted by Gasteiger charge is 2.20. The lowest BCUT2D eigenvalue weighted by molar-refractivity contribution is 0.0936. The first-order valence-corrected chi connectivity index (χ1v) is 10.2. The number of fused-ring (bicyclic) bond motifs is 1. The molecule has 0 bridgehead atoms. The van der Waals surface area contributed by atoms with Crippen molar-refractivity contribution in [2.24, 2.45) is 4.99 Å². The molecule has 1 atom stereocenters. The molecular weight excluding hydrogens is 368 g/mol. The van der Waals surface area contributed by atoms with Gasteiger partial charge in [0.25, 0.3) is 0 Å². The third-order valence-corrected chi connectivity index (χ3v) is 5.14. The minimum absolute atomic E-state index is 0.0721. The zero-order valence-corrected chi connectivity index (χ0v) is 16.8. The fourth-order valence-corrected chi connectivity index (χ4v) is 3.54. The molecule has 2 heterocycles. The average molecular weight is 396 g/mol. The lowest BCUT2D eigenvalue weighted by atomic mass is 10.2. The first-order chi connectivity index (χ1) is 14.3. The SMILES string of the molecule is CN=C(NCc1ccc(OC2CCCC2)nc1)NCC1COc2ccccc2O1. The van der Waals surface area contributed by atoms with Gasteiger partial charge < -0.3 is 24.8 Å². The van der Waals surface area contributed by atoms with Gasteiger partial charge in [0.2, 0.25) is 5.88 Å². The summed E-state index contributed by atoms with van der Waals surface area (Å²) < 4.78 is 17.6. The van der Waals surface area contributed by atoms with Crippen LogP contribution in [0.15, 0.2) is 47.6 Å².